The number of nitrogens with zero attached hydrogens (tertiary/aromatic N) is 1. The van der Waals surface area contributed by atoms with E-state index >= 15 is 0 Å². The van der Waals surface area contributed by atoms with E-state index in [4.69, 9.17) is 21.1 Å². The Morgan fingerprint density at radius 1 is 1.10 bits per heavy atom. The van der Waals surface area contributed by atoms with Gasteiger partial charge in [0.1, 0.15) is 5.15 Å². The van der Waals surface area contributed by atoms with Crippen molar-refractivity contribution in [3.05, 3.63) is 41.0 Å². The van der Waals surface area contributed by atoms with Crippen LogP contribution in [-0.4, -0.2) is 24.8 Å². The highest BCUT2D eigenvalue weighted by atomic mass is 35.5. The Kier molecular flexibility index (Phi) is 6.25. The number of hydrogen-bond acceptors (Lipinski definition) is 3. The number of hydrogen-bond donors (Lipinski definition) is 0. The molecular formula is C16H20ClNO2. The summed E-state index contributed by atoms with van der Waals surface area (Å²) in [5.74, 6) is 0. The van der Waals surface area contributed by atoms with Gasteiger partial charge < -0.3 is 9.47 Å². The second-order valence-electron chi connectivity index (χ2n) is 4.65. The topological polar surface area (TPSA) is 31.4 Å². The van der Waals surface area contributed by atoms with Gasteiger partial charge in [0.15, 0.2) is 0 Å². The van der Waals surface area contributed by atoms with Crippen LogP contribution in [0.5, 0.6) is 0 Å². The van der Waals surface area contributed by atoms with Crippen LogP contribution < -0.4 is 0 Å². The van der Waals surface area contributed by atoms with E-state index in [1.54, 1.807) is 0 Å². The van der Waals surface area contributed by atoms with Crippen LogP contribution in [0.4, 0.5) is 0 Å². The first-order valence-corrected chi connectivity index (χ1v) is 7.38. The van der Waals surface area contributed by atoms with Crippen LogP contribution in [0.15, 0.2) is 30.3 Å². The van der Waals surface area contributed by atoms with Gasteiger partial charge in [0.25, 0.3) is 0 Å². The minimum Gasteiger partial charge on any atom is -0.379 e. The van der Waals surface area contributed by atoms with E-state index in [1.807, 2.05) is 30.3 Å². The van der Waals surface area contributed by atoms with E-state index in [9.17, 15) is 0 Å². The number of benzene rings is 1. The molecule has 0 N–H and O–H groups in total. The lowest BCUT2D eigenvalue weighted by Gasteiger charge is -2.08. The zero-order chi connectivity index (χ0) is 14.2. The normalized spacial score (nSPS) is 11.1. The highest BCUT2D eigenvalue weighted by Gasteiger charge is 2.04. The smallest absolute Gasteiger partial charge is 0.135 e. The maximum atomic E-state index is 6.16. The molecule has 0 aliphatic rings. The third-order valence-electron chi connectivity index (χ3n) is 3.02. The van der Waals surface area contributed by atoms with E-state index in [0.29, 0.717) is 25.0 Å². The average molecular weight is 294 g/mol. The molecule has 108 valence electrons. The zero-order valence-electron chi connectivity index (χ0n) is 11.8. The number of ether oxygens (including phenoxy) is 2. The summed E-state index contributed by atoms with van der Waals surface area (Å²) < 4.78 is 11.0. The van der Waals surface area contributed by atoms with E-state index in [0.717, 1.165) is 35.9 Å². The summed E-state index contributed by atoms with van der Waals surface area (Å²) in [6, 6.07) is 9.95. The first-order valence-electron chi connectivity index (χ1n) is 7.01. The van der Waals surface area contributed by atoms with Crippen molar-refractivity contribution in [3.63, 3.8) is 0 Å². The molecule has 2 rings (SSSR count). The van der Waals surface area contributed by atoms with Crippen LogP contribution in [-0.2, 0) is 16.1 Å². The van der Waals surface area contributed by atoms with Gasteiger partial charge in [-0.25, -0.2) is 4.98 Å². The summed E-state index contributed by atoms with van der Waals surface area (Å²) in [5.41, 5.74) is 1.82. The quantitative estimate of drug-likeness (QED) is 0.539. The molecule has 4 heteroatoms. The third kappa shape index (κ3) is 4.44. The number of para-hydroxylation sites is 1. The molecule has 0 radical (unpaired) electrons. The monoisotopic (exact) mass is 293 g/mol. The number of halogens is 1. The van der Waals surface area contributed by atoms with E-state index in [1.165, 1.54) is 0 Å². The molecule has 0 spiro atoms. The van der Waals surface area contributed by atoms with Gasteiger partial charge in [-0.1, -0.05) is 43.1 Å². The number of unbranched alkanes of at least 4 members (excludes halogenated alkanes) is 1. The summed E-state index contributed by atoms with van der Waals surface area (Å²) in [6.45, 7) is 4.62. The maximum absolute atomic E-state index is 6.16. The van der Waals surface area contributed by atoms with Crippen LogP contribution in [0.25, 0.3) is 10.9 Å². The molecule has 0 aliphatic heterocycles. The molecule has 0 fully saturated rings. The van der Waals surface area contributed by atoms with Crippen LogP contribution in [0.3, 0.4) is 0 Å². The minimum absolute atomic E-state index is 0.466. The minimum atomic E-state index is 0.466. The number of rotatable bonds is 8. The Hall–Kier alpha value is -1.16. The standard InChI is InChI=1S/C16H20ClNO2/c1-2-3-8-19-9-10-20-12-14-11-13-6-4-5-7-15(13)18-16(14)17/h4-7,11H,2-3,8-10,12H2,1H3. The van der Waals surface area contributed by atoms with Gasteiger partial charge in [-0.15, -0.1) is 0 Å². The fraction of sp³-hybridized carbons (Fsp3) is 0.438. The average Bonchev–Trinajstić information content (AvgIpc) is 2.46. The zero-order valence-corrected chi connectivity index (χ0v) is 12.5. The van der Waals surface area contributed by atoms with Crippen molar-refractivity contribution in [1.29, 1.82) is 0 Å². The molecule has 0 amide bonds. The van der Waals surface area contributed by atoms with Gasteiger partial charge in [0.2, 0.25) is 0 Å². The lowest BCUT2D eigenvalue weighted by molar-refractivity contribution is 0.0396. The van der Waals surface area contributed by atoms with Crippen molar-refractivity contribution in [1.82, 2.24) is 4.98 Å². The van der Waals surface area contributed by atoms with Crippen LogP contribution >= 0.6 is 11.6 Å². The lowest BCUT2D eigenvalue weighted by atomic mass is 10.2. The van der Waals surface area contributed by atoms with E-state index in [2.05, 4.69) is 11.9 Å². The van der Waals surface area contributed by atoms with Gasteiger partial charge in [-0.05, 0) is 18.6 Å². The molecule has 0 unspecified atom stereocenters. The second-order valence-corrected chi connectivity index (χ2v) is 5.01. The second kappa shape index (κ2) is 8.20. The van der Waals surface area contributed by atoms with Crippen molar-refractivity contribution >= 4 is 22.5 Å². The third-order valence-corrected chi connectivity index (χ3v) is 3.35. The number of aromatic nitrogens is 1. The first kappa shape index (κ1) is 15.2. The molecule has 3 nitrogen and oxygen atoms in total. The van der Waals surface area contributed by atoms with E-state index < -0.39 is 0 Å². The van der Waals surface area contributed by atoms with Gasteiger partial charge in [-0.2, -0.15) is 0 Å². The van der Waals surface area contributed by atoms with Crippen molar-refractivity contribution in [2.45, 2.75) is 26.4 Å². The van der Waals surface area contributed by atoms with Gasteiger partial charge in [-0.3, -0.25) is 0 Å². The van der Waals surface area contributed by atoms with Crippen molar-refractivity contribution < 1.29 is 9.47 Å². The lowest BCUT2D eigenvalue weighted by Crippen LogP contribution is -2.05. The molecule has 1 heterocycles. The summed E-state index contributed by atoms with van der Waals surface area (Å²) in [6.07, 6.45) is 2.25. The molecule has 0 saturated heterocycles. The van der Waals surface area contributed by atoms with Crippen LogP contribution in [0, 0.1) is 0 Å². The molecular weight excluding hydrogens is 274 g/mol. The molecule has 2 aromatic rings. The molecule has 0 aliphatic carbocycles. The van der Waals surface area contributed by atoms with Gasteiger partial charge >= 0.3 is 0 Å². The Morgan fingerprint density at radius 3 is 2.75 bits per heavy atom. The SMILES string of the molecule is CCCCOCCOCc1cc2ccccc2nc1Cl. The predicted molar refractivity (Wildman–Crippen MR) is 82.1 cm³/mol. The van der Waals surface area contributed by atoms with Crippen LogP contribution in [0.1, 0.15) is 25.3 Å². The molecule has 20 heavy (non-hydrogen) atoms. The largest absolute Gasteiger partial charge is 0.379 e. The fourth-order valence-corrected chi connectivity index (χ4v) is 2.09. The first-order chi connectivity index (χ1) is 9.81. The summed E-state index contributed by atoms with van der Waals surface area (Å²) in [7, 11) is 0. The molecule has 1 aromatic heterocycles. The molecule has 0 saturated carbocycles. The predicted octanol–water partition coefficient (Wildman–Crippen LogP) is 4.22. The molecule has 1 aromatic carbocycles. The Balaban J connectivity index is 1.82. The Labute approximate surface area is 124 Å². The summed E-state index contributed by atoms with van der Waals surface area (Å²) in [5, 5.41) is 1.59. The Morgan fingerprint density at radius 2 is 1.90 bits per heavy atom. The van der Waals surface area contributed by atoms with E-state index in [-0.39, 0.29) is 0 Å². The maximum Gasteiger partial charge on any atom is 0.135 e. The summed E-state index contributed by atoms with van der Waals surface area (Å²) >= 11 is 6.16. The summed E-state index contributed by atoms with van der Waals surface area (Å²) in [4.78, 5) is 4.37. The van der Waals surface area contributed by atoms with Gasteiger partial charge in [0, 0.05) is 17.6 Å². The van der Waals surface area contributed by atoms with Crippen LogP contribution in [0.2, 0.25) is 5.15 Å². The Bertz CT molecular complexity index is 545. The molecule has 0 bridgehead atoms. The number of fused-ring (bicyclic) bond motifs is 1. The fourth-order valence-electron chi connectivity index (χ4n) is 1.89. The van der Waals surface area contributed by atoms with Gasteiger partial charge in [0.05, 0.1) is 25.3 Å². The van der Waals surface area contributed by atoms with Crippen molar-refractivity contribution in [2.75, 3.05) is 19.8 Å². The van der Waals surface area contributed by atoms with Crippen molar-refractivity contribution in [3.8, 4) is 0 Å². The highest BCUT2D eigenvalue weighted by Crippen LogP contribution is 2.20. The molecule has 0 atom stereocenters. The number of pyridine rings is 1. The van der Waals surface area contributed by atoms with Crippen molar-refractivity contribution in [2.24, 2.45) is 0 Å². The highest BCUT2D eigenvalue weighted by molar-refractivity contribution is 6.30.